The van der Waals surface area contributed by atoms with Crippen molar-refractivity contribution in [3.63, 3.8) is 0 Å². The van der Waals surface area contributed by atoms with E-state index in [0.717, 1.165) is 5.56 Å². The van der Waals surface area contributed by atoms with Gasteiger partial charge < -0.3 is 15.1 Å². The standard InChI is InChI=1S/C12H13N3O3/c1-15(7-8-5-13-14-6-8)12(18)9-2-10(16)4-11(17)3-9/h2-6,16-17H,7H2,1H3,(H,13,14). The first kappa shape index (κ1) is 12.0. The van der Waals surface area contributed by atoms with Gasteiger partial charge in [-0.3, -0.25) is 9.89 Å². The number of aromatic hydroxyl groups is 2. The number of amides is 1. The predicted octanol–water partition coefficient (Wildman–Crippen LogP) is 1.09. The molecule has 1 amide bonds. The fourth-order valence-corrected chi connectivity index (χ4v) is 1.65. The molecule has 0 spiro atoms. The molecule has 0 saturated heterocycles. The highest BCUT2D eigenvalue weighted by Crippen LogP contribution is 2.21. The van der Waals surface area contributed by atoms with Crippen LogP contribution in [-0.4, -0.2) is 38.3 Å². The van der Waals surface area contributed by atoms with Crippen LogP contribution in [0.5, 0.6) is 11.5 Å². The molecule has 0 radical (unpaired) electrons. The first-order valence-corrected chi connectivity index (χ1v) is 5.32. The highest BCUT2D eigenvalue weighted by atomic mass is 16.3. The lowest BCUT2D eigenvalue weighted by Gasteiger charge is -2.16. The molecular formula is C12H13N3O3. The number of hydrogen-bond acceptors (Lipinski definition) is 4. The van der Waals surface area contributed by atoms with Gasteiger partial charge in [0.15, 0.2) is 0 Å². The number of carbonyl (C=O) groups excluding carboxylic acids is 1. The van der Waals surface area contributed by atoms with Crippen LogP contribution in [-0.2, 0) is 6.54 Å². The highest BCUT2D eigenvalue weighted by Gasteiger charge is 2.14. The summed E-state index contributed by atoms with van der Waals surface area (Å²) in [5, 5.41) is 25.1. The van der Waals surface area contributed by atoms with Gasteiger partial charge in [-0.1, -0.05) is 0 Å². The molecule has 0 unspecified atom stereocenters. The zero-order valence-electron chi connectivity index (χ0n) is 9.79. The van der Waals surface area contributed by atoms with Crippen LogP contribution >= 0.6 is 0 Å². The van der Waals surface area contributed by atoms with E-state index in [1.165, 1.54) is 23.1 Å². The van der Waals surface area contributed by atoms with Crippen molar-refractivity contribution in [2.75, 3.05) is 7.05 Å². The van der Waals surface area contributed by atoms with Crippen LogP contribution in [0.4, 0.5) is 0 Å². The summed E-state index contributed by atoms with van der Waals surface area (Å²) in [7, 11) is 1.64. The third-order valence-electron chi connectivity index (χ3n) is 2.47. The number of nitrogens with one attached hydrogen (secondary N) is 1. The van der Waals surface area contributed by atoms with Gasteiger partial charge in [0.2, 0.25) is 0 Å². The lowest BCUT2D eigenvalue weighted by molar-refractivity contribution is 0.0784. The van der Waals surface area contributed by atoms with Crippen LogP contribution < -0.4 is 0 Å². The number of benzene rings is 1. The van der Waals surface area contributed by atoms with Crippen molar-refractivity contribution in [3.05, 3.63) is 41.7 Å². The topological polar surface area (TPSA) is 89.5 Å². The van der Waals surface area contributed by atoms with Crippen LogP contribution in [0.15, 0.2) is 30.6 Å². The predicted molar refractivity (Wildman–Crippen MR) is 64.2 cm³/mol. The van der Waals surface area contributed by atoms with E-state index in [0.29, 0.717) is 6.54 Å². The minimum absolute atomic E-state index is 0.143. The molecule has 6 nitrogen and oxygen atoms in total. The molecule has 94 valence electrons. The first-order valence-electron chi connectivity index (χ1n) is 5.32. The van der Waals surface area contributed by atoms with E-state index in [1.807, 2.05) is 0 Å². The molecule has 0 atom stereocenters. The van der Waals surface area contributed by atoms with E-state index in [4.69, 9.17) is 0 Å². The summed E-state index contributed by atoms with van der Waals surface area (Å²) in [6, 6.07) is 3.80. The summed E-state index contributed by atoms with van der Waals surface area (Å²) < 4.78 is 0. The minimum Gasteiger partial charge on any atom is -0.508 e. The summed E-state index contributed by atoms with van der Waals surface area (Å²) in [5.41, 5.74) is 1.11. The Hall–Kier alpha value is -2.50. The van der Waals surface area contributed by atoms with Gasteiger partial charge in [-0.2, -0.15) is 5.10 Å². The van der Waals surface area contributed by atoms with E-state index in [1.54, 1.807) is 19.4 Å². The van der Waals surface area contributed by atoms with Gasteiger partial charge >= 0.3 is 0 Å². The quantitative estimate of drug-likeness (QED) is 0.757. The van der Waals surface area contributed by atoms with E-state index in [9.17, 15) is 15.0 Å². The maximum atomic E-state index is 12.0. The first-order chi connectivity index (χ1) is 8.56. The summed E-state index contributed by atoms with van der Waals surface area (Å²) >= 11 is 0. The zero-order chi connectivity index (χ0) is 13.1. The Bertz CT molecular complexity index is 531. The largest absolute Gasteiger partial charge is 0.508 e. The van der Waals surface area contributed by atoms with E-state index >= 15 is 0 Å². The number of hydrogen-bond donors (Lipinski definition) is 3. The molecule has 0 bridgehead atoms. The number of rotatable bonds is 3. The second-order valence-electron chi connectivity index (χ2n) is 4.01. The fraction of sp³-hybridized carbons (Fsp3) is 0.167. The maximum absolute atomic E-state index is 12.0. The Kier molecular flexibility index (Phi) is 3.18. The molecule has 2 aromatic rings. The fourth-order valence-electron chi connectivity index (χ4n) is 1.65. The molecule has 0 fully saturated rings. The van der Waals surface area contributed by atoms with Crippen molar-refractivity contribution in [1.82, 2.24) is 15.1 Å². The van der Waals surface area contributed by atoms with E-state index in [-0.39, 0.29) is 23.0 Å². The number of carbonyl (C=O) groups is 1. The molecule has 1 aromatic heterocycles. The molecule has 2 rings (SSSR count). The smallest absolute Gasteiger partial charge is 0.254 e. The lowest BCUT2D eigenvalue weighted by Crippen LogP contribution is -2.25. The Morgan fingerprint density at radius 3 is 2.56 bits per heavy atom. The minimum atomic E-state index is -0.289. The third-order valence-corrected chi connectivity index (χ3v) is 2.47. The van der Waals surface area contributed by atoms with E-state index in [2.05, 4.69) is 10.2 Å². The number of aromatic amines is 1. The molecule has 0 aliphatic rings. The van der Waals surface area contributed by atoms with Crippen molar-refractivity contribution < 1.29 is 15.0 Å². The van der Waals surface area contributed by atoms with Crippen molar-refractivity contribution in [1.29, 1.82) is 0 Å². The molecule has 0 aliphatic heterocycles. The number of aromatic nitrogens is 2. The van der Waals surface area contributed by atoms with Gasteiger partial charge in [-0.25, -0.2) is 0 Å². The number of nitrogens with zero attached hydrogens (tertiary/aromatic N) is 2. The molecule has 1 aromatic carbocycles. The van der Waals surface area contributed by atoms with Crippen LogP contribution in [0.3, 0.4) is 0 Å². The third kappa shape index (κ3) is 2.60. The molecule has 0 aliphatic carbocycles. The summed E-state index contributed by atoms with van der Waals surface area (Å²) in [5.74, 6) is -0.576. The normalized spacial score (nSPS) is 10.3. The summed E-state index contributed by atoms with van der Waals surface area (Å²) in [6.45, 7) is 0.395. The molecule has 0 saturated carbocycles. The van der Waals surface area contributed by atoms with Gasteiger partial charge in [0.25, 0.3) is 5.91 Å². The van der Waals surface area contributed by atoms with Crippen LogP contribution in [0.1, 0.15) is 15.9 Å². The van der Waals surface area contributed by atoms with Crippen molar-refractivity contribution in [2.45, 2.75) is 6.54 Å². The lowest BCUT2D eigenvalue weighted by atomic mass is 10.1. The maximum Gasteiger partial charge on any atom is 0.254 e. The molecular weight excluding hydrogens is 234 g/mol. The molecule has 6 heteroatoms. The summed E-state index contributed by atoms with van der Waals surface area (Å²) in [4.78, 5) is 13.5. The Labute approximate surface area is 103 Å². The second-order valence-corrected chi connectivity index (χ2v) is 4.01. The average Bonchev–Trinajstić information content (AvgIpc) is 2.79. The van der Waals surface area contributed by atoms with E-state index < -0.39 is 0 Å². The Balaban J connectivity index is 2.15. The van der Waals surface area contributed by atoms with Gasteiger partial charge in [0, 0.05) is 37.0 Å². The highest BCUT2D eigenvalue weighted by molar-refractivity contribution is 5.94. The Morgan fingerprint density at radius 1 is 1.33 bits per heavy atom. The van der Waals surface area contributed by atoms with Crippen LogP contribution in [0.25, 0.3) is 0 Å². The van der Waals surface area contributed by atoms with Crippen molar-refractivity contribution in [3.8, 4) is 11.5 Å². The second kappa shape index (κ2) is 4.79. The van der Waals surface area contributed by atoms with Gasteiger partial charge in [0.05, 0.1) is 6.20 Å². The summed E-state index contributed by atoms with van der Waals surface area (Å²) in [6.07, 6.45) is 3.33. The number of phenolic OH excluding ortho intramolecular Hbond substituents is 2. The monoisotopic (exact) mass is 247 g/mol. The van der Waals surface area contributed by atoms with Crippen LogP contribution in [0, 0.1) is 0 Å². The average molecular weight is 247 g/mol. The van der Waals surface area contributed by atoms with Gasteiger partial charge in [-0.15, -0.1) is 0 Å². The SMILES string of the molecule is CN(Cc1cn[nH]c1)C(=O)c1cc(O)cc(O)c1. The molecule has 1 heterocycles. The van der Waals surface area contributed by atoms with Crippen molar-refractivity contribution >= 4 is 5.91 Å². The van der Waals surface area contributed by atoms with Crippen molar-refractivity contribution in [2.24, 2.45) is 0 Å². The van der Waals surface area contributed by atoms with Gasteiger partial charge in [0.1, 0.15) is 11.5 Å². The number of phenols is 2. The molecule has 18 heavy (non-hydrogen) atoms. The number of H-pyrrole nitrogens is 1. The zero-order valence-corrected chi connectivity index (χ0v) is 9.79. The van der Waals surface area contributed by atoms with Gasteiger partial charge in [-0.05, 0) is 12.1 Å². The molecule has 3 N–H and O–H groups in total. The van der Waals surface area contributed by atoms with Crippen LogP contribution in [0.2, 0.25) is 0 Å². The Morgan fingerprint density at radius 2 is 2.00 bits per heavy atom.